The molecule has 1 aromatic rings. The Morgan fingerprint density at radius 3 is 2.35 bits per heavy atom. The first-order valence-corrected chi connectivity index (χ1v) is 8.11. The van der Waals surface area contributed by atoms with Crippen molar-refractivity contribution in [1.29, 1.82) is 0 Å². The molecule has 1 aliphatic rings. The van der Waals surface area contributed by atoms with Gasteiger partial charge in [0.25, 0.3) is 0 Å². The number of hydrogen-bond acceptors (Lipinski definition) is 4. The van der Waals surface area contributed by atoms with Gasteiger partial charge in [-0.15, -0.1) is 0 Å². The summed E-state index contributed by atoms with van der Waals surface area (Å²) in [5.41, 5.74) is 7.47. The Morgan fingerprint density at radius 2 is 1.85 bits per heavy atom. The predicted molar refractivity (Wildman–Crippen MR) is 78.8 cm³/mol. The Bertz CT molecular complexity index is 638. The predicted octanol–water partition coefficient (Wildman–Crippen LogP) is 1.32. The molecule has 1 aromatic carbocycles. The minimum Gasteiger partial charge on any atom is -0.398 e. The molecule has 0 saturated heterocycles. The van der Waals surface area contributed by atoms with Gasteiger partial charge in [-0.25, -0.2) is 13.1 Å². The minimum absolute atomic E-state index is 0.109. The maximum absolute atomic E-state index is 12.4. The molecule has 0 amide bonds. The zero-order valence-electron chi connectivity index (χ0n) is 12.3. The summed E-state index contributed by atoms with van der Waals surface area (Å²) >= 11 is 0. The quantitative estimate of drug-likeness (QED) is 0.734. The average molecular weight is 298 g/mol. The second kappa shape index (κ2) is 4.72. The zero-order valence-corrected chi connectivity index (χ0v) is 13.1. The lowest BCUT2D eigenvalue weighted by Crippen LogP contribution is -2.61. The maximum Gasteiger partial charge on any atom is 0.242 e. The van der Waals surface area contributed by atoms with Gasteiger partial charge in [0.15, 0.2) is 0 Å². The summed E-state index contributed by atoms with van der Waals surface area (Å²) in [5, 5.41) is 9.69. The fourth-order valence-corrected chi connectivity index (χ4v) is 4.00. The van der Waals surface area contributed by atoms with Crippen LogP contribution >= 0.6 is 0 Å². The smallest absolute Gasteiger partial charge is 0.242 e. The molecule has 4 N–H and O–H groups in total. The van der Waals surface area contributed by atoms with Gasteiger partial charge in [-0.05, 0) is 43.5 Å². The summed E-state index contributed by atoms with van der Waals surface area (Å²) in [7, 11) is -3.67. The van der Waals surface area contributed by atoms with Gasteiger partial charge >= 0.3 is 0 Å². The molecule has 0 radical (unpaired) electrons. The van der Waals surface area contributed by atoms with E-state index in [2.05, 4.69) is 4.72 Å². The Labute approximate surface area is 120 Å². The number of nitrogens with two attached hydrogens (primary N) is 1. The van der Waals surface area contributed by atoms with Crippen molar-refractivity contribution in [2.24, 2.45) is 5.41 Å². The molecule has 0 aromatic heterocycles. The third kappa shape index (κ3) is 2.43. The van der Waals surface area contributed by atoms with Gasteiger partial charge in [0, 0.05) is 11.5 Å². The van der Waals surface area contributed by atoms with E-state index < -0.39 is 21.5 Å². The van der Waals surface area contributed by atoms with E-state index in [1.54, 1.807) is 12.1 Å². The summed E-state index contributed by atoms with van der Waals surface area (Å²) in [6.07, 6.45) is -0.0518. The monoisotopic (exact) mass is 298 g/mol. The molecule has 5 nitrogen and oxygen atoms in total. The van der Waals surface area contributed by atoms with Crippen molar-refractivity contribution in [3.8, 4) is 0 Å². The molecule has 1 fully saturated rings. The summed E-state index contributed by atoms with van der Waals surface area (Å²) in [5.74, 6) is 0. The average Bonchev–Trinajstić information content (AvgIpc) is 2.33. The largest absolute Gasteiger partial charge is 0.398 e. The Kier molecular flexibility index (Phi) is 3.60. The molecule has 1 aliphatic carbocycles. The van der Waals surface area contributed by atoms with Crippen LogP contribution in [0.5, 0.6) is 0 Å². The molecule has 112 valence electrons. The fraction of sp³-hybridized carbons (Fsp3) is 0.571. The van der Waals surface area contributed by atoms with Crippen molar-refractivity contribution in [3.05, 3.63) is 23.3 Å². The maximum atomic E-state index is 12.4. The van der Waals surface area contributed by atoms with Gasteiger partial charge in [-0.1, -0.05) is 13.8 Å². The first-order chi connectivity index (χ1) is 9.05. The lowest BCUT2D eigenvalue weighted by Gasteiger charge is -2.49. The standard InChI is InChI=1S/C14H22N2O3S/c1-8-5-10(15)11(6-9(8)2)20(18,19)16-12-7-13(17)14(12,3)4/h5-6,12-13,16-17H,7,15H2,1-4H3. The van der Waals surface area contributed by atoms with Crippen molar-refractivity contribution in [1.82, 2.24) is 4.72 Å². The van der Waals surface area contributed by atoms with E-state index in [0.29, 0.717) is 6.42 Å². The van der Waals surface area contributed by atoms with Crippen LogP contribution < -0.4 is 10.5 Å². The van der Waals surface area contributed by atoms with Gasteiger partial charge in [-0.3, -0.25) is 0 Å². The molecular weight excluding hydrogens is 276 g/mol. The van der Waals surface area contributed by atoms with Gasteiger partial charge in [0.1, 0.15) is 4.90 Å². The summed E-state index contributed by atoms with van der Waals surface area (Å²) in [4.78, 5) is 0.109. The number of nitrogen functional groups attached to an aromatic ring is 1. The number of hydrogen-bond donors (Lipinski definition) is 3. The van der Waals surface area contributed by atoms with E-state index in [1.165, 1.54) is 0 Å². The highest BCUT2D eigenvalue weighted by Gasteiger charge is 2.49. The van der Waals surface area contributed by atoms with Gasteiger partial charge in [-0.2, -0.15) is 0 Å². The molecule has 0 heterocycles. The Morgan fingerprint density at radius 1 is 1.30 bits per heavy atom. The molecule has 0 bridgehead atoms. The normalized spacial score (nSPS) is 25.2. The number of rotatable bonds is 3. The van der Waals surface area contributed by atoms with E-state index in [0.717, 1.165) is 11.1 Å². The molecule has 1 saturated carbocycles. The van der Waals surface area contributed by atoms with Crippen LogP contribution in [0, 0.1) is 19.3 Å². The summed E-state index contributed by atoms with van der Waals surface area (Å²) < 4.78 is 27.5. The van der Waals surface area contributed by atoms with E-state index in [1.807, 2.05) is 27.7 Å². The van der Waals surface area contributed by atoms with E-state index in [4.69, 9.17) is 5.73 Å². The number of nitrogens with one attached hydrogen (secondary N) is 1. The Hall–Kier alpha value is -1.11. The topological polar surface area (TPSA) is 92.4 Å². The fourth-order valence-electron chi connectivity index (χ4n) is 2.40. The van der Waals surface area contributed by atoms with Crippen LogP contribution in [0.1, 0.15) is 31.4 Å². The van der Waals surface area contributed by atoms with Crippen LogP contribution in [-0.4, -0.2) is 25.7 Å². The second-order valence-electron chi connectivity index (χ2n) is 6.22. The highest BCUT2D eigenvalue weighted by Crippen LogP contribution is 2.41. The number of anilines is 1. The van der Waals surface area contributed by atoms with E-state index in [9.17, 15) is 13.5 Å². The highest BCUT2D eigenvalue weighted by atomic mass is 32.2. The molecule has 2 atom stereocenters. The first-order valence-electron chi connectivity index (χ1n) is 6.63. The van der Waals surface area contributed by atoms with E-state index in [-0.39, 0.29) is 16.6 Å². The SMILES string of the molecule is Cc1cc(N)c(S(=O)(=O)NC2CC(O)C2(C)C)cc1C. The number of aliphatic hydroxyl groups excluding tert-OH is 1. The van der Waals surface area contributed by atoms with Crippen molar-refractivity contribution in [2.45, 2.75) is 51.2 Å². The van der Waals surface area contributed by atoms with Gasteiger partial charge < -0.3 is 10.8 Å². The molecule has 0 aliphatic heterocycles. The number of aliphatic hydroxyl groups is 1. The molecular formula is C14H22N2O3S. The van der Waals surface area contributed by atoms with Crippen molar-refractivity contribution >= 4 is 15.7 Å². The lowest BCUT2D eigenvalue weighted by molar-refractivity contribution is -0.0645. The van der Waals surface area contributed by atoms with Crippen molar-refractivity contribution < 1.29 is 13.5 Å². The summed E-state index contributed by atoms with van der Waals surface area (Å²) in [6.45, 7) is 7.43. The molecule has 0 spiro atoms. The third-order valence-electron chi connectivity index (χ3n) is 4.43. The Balaban J connectivity index is 2.31. The minimum atomic E-state index is -3.67. The van der Waals surface area contributed by atoms with Crippen molar-refractivity contribution in [3.63, 3.8) is 0 Å². The van der Waals surface area contributed by atoms with Crippen molar-refractivity contribution in [2.75, 3.05) is 5.73 Å². The van der Waals surface area contributed by atoms with Crippen LogP contribution in [0.25, 0.3) is 0 Å². The second-order valence-corrected chi connectivity index (χ2v) is 7.90. The van der Waals surface area contributed by atoms with Gasteiger partial charge in [0.2, 0.25) is 10.0 Å². The number of aryl methyl sites for hydroxylation is 2. The number of sulfonamides is 1. The van der Waals surface area contributed by atoms with Crippen LogP contribution in [-0.2, 0) is 10.0 Å². The molecule has 2 rings (SSSR count). The molecule has 6 heteroatoms. The zero-order chi connectivity index (χ0) is 15.3. The summed E-state index contributed by atoms with van der Waals surface area (Å²) in [6, 6.07) is 2.99. The number of benzene rings is 1. The lowest BCUT2D eigenvalue weighted by atomic mass is 9.65. The van der Waals surface area contributed by atoms with Crippen LogP contribution in [0.3, 0.4) is 0 Å². The molecule has 2 unspecified atom stereocenters. The first kappa shape index (κ1) is 15.3. The van der Waals surface area contributed by atoms with Crippen LogP contribution in [0.15, 0.2) is 17.0 Å². The van der Waals surface area contributed by atoms with Crippen LogP contribution in [0.2, 0.25) is 0 Å². The van der Waals surface area contributed by atoms with E-state index >= 15 is 0 Å². The van der Waals surface area contributed by atoms with Crippen LogP contribution in [0.4, 0.5) is 5.69 Å². The third-order valence-corrected chi connectivity index (χ3v) is 5.96. The van der Waals surface area contributed by atoms with Gasteiger partial charge in [0.05, 0.1) is 11.8 Å². The highest BCUT2D eigenvalue weighted by molar-refractivity contribution is 7.89. The molecule has 20 heavy (non-hydrogen) atoms.